The molecule has 3 aromatic rings. The fourth-order valence-electron chi connectivity index (χ4n) is 3.50. The van der Waals surface area contributed by atoms with Crippen LogP contribution in [0.5, 0.6) is 5.88 Å². The van der Waals surface area contributed by atoms with E-state index in [9.17, 15) is 4.79 Å². The second-order valence-corrected chi connectivity index (χ2v) is 7.40. The minimum Gasteiger partial charge on any atom is -0.483 e. The van der Waals surface area contributed by atoms with E-state index >= 15 is 0 Å². The Labute approximate surface area is 190 Å². The van der Waals surface area contributed by atoms with Gasteiger partial charge in [-0.15, -0.1) is 0 Å². The fourth-order valence-corrected chi connectivity index (χ4v) is 3.50. The number of hydrogen-bond donors (Lipinski definition) is 4. The minimum absolute atomic E-state index is 0.248. The molecule has 4 N–H and O–H groups in total. The Morgan fingerprint density at radius 1 is 1.27 bits per heavy atom. The monoisotopic (exact) mass is 456 g/mol. The van der Waals surface area contributed by atoms with Crippen LogP contribution in [0.2, 0.25) is 0 Å². The van der Waals surface area contributed by atoms with Crippen molar-refractivity contribution in [2.75, 3.05) is 30.3 Å². The number of aromatic nitrogens is 5. The first-order valence-electron chi connectivity index (χ1n) is 10.6. The standard InChI is InChI=1S/C20H26N8O2.CH2O2/c1-4-30-19-15(9-22-20(27-19)25-14-5-7-21-8-6-14)18(29)26-16-11-28-10-12(2)23-17(28)13(3)24-16;2-1-3/h9-11,14,21H,4-8H2,1-3H3,(H,26,29)(H,22,25,27);1H,(H,2,3). The smallest absolute Gasteiger partial charge is 0.290 e. The number of hydrogen-bond acceptors (Lipinski definition) is 9. The number of ether oxygens (including phenoxy) is 1. The summed E-state index contributed by atoms with van der Waals surface area (Å²) in [6.45, 7) is 7.68. The van der Waals surface area contributed by atoms with Crippen LogP contribution >= 0.6 is 0 Å². The SMILES string of the molecule is CCOc1nc(NC2CCNCC2)ncc1C(=O)Nc1cn2cc(C)nc2c(C)n1.O=CO. The molecule has 0 spiro atoms. The molecule has 1 aliphatic heterocycles. The topological polar surface area (TPSA) is 156 Å². The summed E-state index contributed by atoms with van der Waals surface area (Å²) in [7, 11) is 0. The van der Waals surface area contributed by atoms with Gasteiger partial charge in [-0.2, -0.15) is 4.98 Å². The van der Waals surface area contributed by atoms with Crippen molar-refractivity contribution >= 4 is 29.8 Å². The Kier molecular flexibility index (Phi) is 8.08. The zero-order valence-corrected chi connectivity index (χ0v) is 18.8. The first-order chi connectivity index (χ1) is 15.9. The largest absolute Gasteiger partial charge is 0.483 e. The van der Waals surface area contributed by atoms with Gasteiger partial charge >= 0.3 is 0 Å². The lowest BCUT2D eigenvalue weighted by atomic mass is 10.1. The summed E-state index contributed by atoms with van der Waals surface area (Å²) in [4.78, 5) is 38.9. The summed E-state index contributed by atoms with van der Waals surface area (Å²) in [5.41, 5.74) is 2.63. The molecular weight excluding hydrogens is 428 g/mol. The van der Waals surface area contributed by atoms with Crippen LogP contribution < -0.4 is 20.7 Å². The quantitative estimate of drug-likeness (QED) is 0.402. The van der Waals surface area contributed by atoms with E-state index in [0.29, 0.717) is 24.4 Å². The van der Waals surface area contributed by atoms with E-state index in [1.807, 2.05) is 31.4 Å². The summed E-state index contributed by atoms with van der Waals surface area (Å²) in [5.74, 6) is 0.751. The number of imidazole rings is 1. The van der Waals surface area contributed by atoms with E-state index in [1.54, 1.807) is 6.20 Å². The number of amides is 1. The minimum atomic E-state index is -0.380. The van der Waals surface area contributed by atoms with Gasteiger partial charge in [0.1, 0.15) is 11.4 Å². The van der Waals surface area contributed by atoms with Gasteiger partial charge in [-0.3, -0.25) is 9.59 Å². The highest BCUT2D eigenvalue weighted by molar-refractivity contribution is 6.05. The molecule has 4 heterocycles. The van der Waals surface area contributed by atoms with Crippen LogP contribution in [-0.4, -0.2) is 67.6 Å². The fraction of sp³-hybridized carbons (Fsp3) is 0.429. The number of nitrogens with zero attached hydrogens (tertiary/aromatic N) is 5. The Morgan fingerprint density at radius 3 is 2.70 bits per heavy atom. The Hall–Kier alpha value is -3.80. The van der Waals surface area contributed by atoms with Crippen molar-refractivity contribution in [3.8, 4) is 5.88 Å². The van der Waals surface area contributed by atoms with E-state index in [1.165, 1.54) is 6.20 Å². The molecule has 12 nitrogen and oxygen atoms in total. The van der Waals surface area contributed by atoms with Crippen molar-refractivity contribution in [1.82, 2.24) is 29.7 Å². The number of carbonyl (C=O) groups excluding carboxylic acids is 1. The molecule has 1 aliphatic rings. The first-order valence-corrected chi connectivity index (χ1v) is 10.6. The van der Waals surface area contributed by atoms with Gasteiger partial charge in [-0.1, -0.05) is 0 Å². The first kappa shape index (κ1) is 23.9. The number of nitrogens with one attached hydrogen (secondary N) is 3. The molecular formula is C21H28N8O4. The molecule has 33 heavy (non-hydrogen) atoms. The van der Waals surface area contributed by atoms with Crippen molar-refractivity contribution in [3.05, 3.63) is 35.5 Å². The number of aryl methyl sites for hydroxylation is 2. The lowest BCUT2D eigenvalue weighted by Crippen LogP contribution is -2.35. The molecule has 0 saturated carbocycles. The maximum absolute atomic E-state index is 12.9. The molecule has 1 amide bonds. The third-order valence-corrected chi connectivity index (χ3v) is 4.92. The summed E-state index contributed by atoms with van der Waals surface area (Å²) in [6.07, 6.45) is 7.10. The van der Waals surface area contributed by atoms with Crippen LogP contribution in [0.15, 0.2) is 18.6 Å². The zero-order valence-electron chi connectivity index (χ0n) is 18.8. The average molecular weight is 457 g/mol. The van der Waals surface area contributed by atoms with Gasteiger partial charge in [0.25, 0.3) is 12.4 Å². The maximum atomic E-state index is 12.9. The van der Waals surface area contributed by atoms with Gasteiger partial charge < -0.3 is 30.2 Å². The third-order valence-electron chi connectivity index (χ3n) is 4.92. The van der Waals surface area contributed by atoms with E-state index in [4.69, 9.17) is 14.6 Å². The van der Waals surface area contributed by atoms with Crippen LogP contribution in [0.3, 0.4) is 0 Å². The normalized spacial score (nSPS) is 13.7. The van der Waals surface area contributed by atoms with Gasteiger partial charge in [0.2, 0.25) is 11.8 Å². The molecule has 1 fully saturated rings. The molecule has 4 rings (SSSR count). The van der Waals surface area contributed by atoms with E-state index in [2.05, 4.69) is 35.9 Å². The average Bonchev–Trinajstić information content (AvgIpc) is 3.16. The van der Waals surface area contributed by atoms with Crippen molar-refractivity contribution < 1.29 is 19.4 Å². The lowest BCUT2D eigenvalue weighted by Gasteiger charge is -2.23. The number of piperidine rings is 1. The second-order valence-electron chi connectivity index (χ2n) is 7.40. The Balaban J connectivity index is 0.000000968. The predicted octanol–water partition coefficient (Wildman–Crippen LogP) is 1.65. The highest BCUT2D eigenvalue weighted by Gasteiger charge is 2.19. The van der Waals surface area contributed by atoms with Crippen molar-refractivity contribution in [2.45, 2.75) is 39.7 Å². The molecule has 0 radical (unpaired) electrons. The van der Waals surface area contributed by atoms with Crippen LogP contribution in [0.4, 0.5) is 11.8 Å². The zero-order chi connectivity index (χ0) is 23.8. The van der Waals surface area contributed by atoms with Crippen LogP contribution in [0, 0.1) is 13.8 Å². The molecule has 3 aromatic heterocycles. The number of fused-ring (bicyclic) bond motifs is 1. The molecule has 0 aromatic carbocycles. The summed E-state index contributed by atoms with van der Waals surface area (Å²) >= 11 is 0. The van der Waals surface area contributed by atoms with Crippen molar-refractivity contribution in [2.24, 2.45) is 0 Å². The summed E-state index contributed by atoms with van der Waals surface area (Å²) in [5, 5.41) is 16.4. The van der Waals surface area contributed by atoms with E-state index in [-0.39, 0.29) is 23.8 Å². The van der Waals surface area contributed by atoms with Gasteiger partial charge in [-0.25, -0.2) is 15.0 Å². The van der Waals surface area contributed by atoms with Gasteiger partial charge in [-0.05, 0) is 46.7 Å². The molecule has 12 heteroatoms. The third kappa shape index (κ3) is 6.13. The van der Waals surface area contributed by atoms with E-state index in [0.717, 1.165) is 43.0 Å². The summed E-state index contributed by atoms with van der Waals surface area (Å²) < 4.78 is 7.47. The van der Waals surface area contributed by atoms with Gasteiger partial charge in [0.15, 0.2) is 5.65 Å². The van der Waals surface area contributed by atoms with Crippen LogP contribution in [0.1, 0.15) is 41.5 Å². The van der Waals surface area contributed by atoms with Crippen molar-refractivity contribution in [1.29, 1.82) is 0 Å². The highest BCUT2D eigenvalue weighted by Crippen LogP contribution is 2.20. The lowest BCUT2D eigenvalue weighted by molar-refractivity contribution is -0.122. The van der Waals surface area contributed by atoms with Crippen molar-refractivity contribution in [3.63, 3.8) is 0 Å². The number of rotatable bonds is 6. The van der Waals surface area contributed by atoms with E-state index < -0.39 is 0 Å². The Bertz CT molecular complexity index is 1110. The maximum Gasteiger partial charge on any atom is 0.290 e. The predicted molar refractivity (Wildman–Crippen MR) is 122 cm³/mol. The van der Waals surface area contributed by atoms with Gasteiger partial charge in [0, 0.05) is 18.4 Å². The molecule has 0 unspecified atom stereocenters. The number of carbonyl (C=O) groups is 2. The molecule has 1 saturated heterocycles. The van der Waals surface area contributed by atoms with Crippen LogP contribution in [-0.2, 0) is 4.79 Å². The van der Waals surface area contributed by atoms with Crippen LogP contribution in [0.25, 0.3) is 5.65 Å². The molecule has 0 bridgehead atoms. The Morgan fingerprint density at radius 2 is 2.00 bits per heavy atom. The molecule has 0 aliphatic carbocycles. The summed E-state index contributed by atoms with van der Waals surface area (Å²) in [6, 6.07) is 0.304. The number of anilines is 2. The van der Waals surface area contributed by atoms with Gasteiger partial charge in [0.05, 0.1) is 24.2 Å². The number of carboxylic acid groups (broad SMARTS) is 1. The highest BCUT2D eigenvalue weighted by atomic mass is 16.5. The second kappa shape index (κ2) is 11.2. The molecule has 176 valence electrons. The molecule has 0 atom stereocenters.